The van der Waals surface area contributed by atoms with Crippen molar-refractivity contribution in [3.05, 3.63) is 30.1 Å². The molecule has 1 aromatic heterocycles. The average molecular weight is 318 g/mol. The molecule has 0 spiro atoms. The lowest BCUT2D eigenvalue weighted by Gasteiger charge is -2.35. The second-order valence-electron chi connectivity index (χ2n) is 6.97. The van der Waals surface area contributed by atoms with Crippen LogP contribution in [0.1, 0.15) is 32.4 Å². The Hall–Kier alpha value is -1.62. The fraction of sp³-hybridized carbons (Fsp3) is 0.667. The summed E-state index contributed by atoms with van der Waals surface area (Å²) >= 11 is 0. The molecule has 2 rings (SSSR count). The molecule has 1 aromatic rings. The summed E-state index contributed by atoms with van der Waals surface area (Å²) in [4.78, 5) is 20.5. The number of amides is 2. The third-order valence-electron chi connectivity index (χ3n) is 4.34. The Morgan fingerprint density at radius 1 is 1.35 bits per heavy atom. The number of hydrogen-bond acceptors (Lipinski definition) is 3. The van der Waals surface area contributed by atoms with Crippen LogP contribution in [0.5, 0.6) is 0 Å². The molecule has 2 atom stereocenters. The van der Waals surface area contributed by atoms with Gasteiger partial charge in [0, 0.05) is 32.9 Å². The fourth-order valence-corrected chi connectivity index (χ4v) is 3.41. The van der Waals surface area contributed by atoms with Crippen molar-refractivity contribution in [1.82, 2.24) is 20.1 Å². The highest BCUT2D eigenvalue weighted by atomic mass is 16.2. The normalized spacial score (nSPS) is 21.9. The van der Waals surface area contributed by atoms with Crippen molar-refractivity contribution in [1.29, 1.82) is 0 Å². The van der Waals surface area contributed by atoms with Crippen LogP contribution < -0.4 is 5.32 Å². The van der Waals surface area contributed by atoms with Crippen molar-refractivity contribution in [2.24, 2.45) is 11.8 Å². The predicted molar refractivity (Wildman–Crippen MR) is 93.1 cm³/mol. The first-order chi connectivity index (χ1) is 11.0. The van der Waals surface area contributed by atoms with E-state index < -0.39 is 0 Å². The molecule has 2 unspecified atom stereocenters. The van der Waals surface area contributed by atoms with Gasteiger partial charge in [0.2, 0.25) is 0 Å². The maximum absolute atomic E-state index is 12.1. The third kappa shape index (κ3) is 6.18. The largest absolute Gasteiger partial charge is 0.338 e. The molecule has 23 heavy (non-hydrogen) atoms. The van der Waals surface area contributed by atoms with Crippen molar-refractivity contribution < 1.29 is 4.79 Å². The number of rotatable bonds is 6. The molecule has 1 fully saturated rings. The number of hydrogen-bond donors (Lipinski definition) is 1. The second kappa shape index (κ2) is 8.87. The maximum Gasteiger partial charge on any atom is 0.317 e. The first-order valence-electron chi connectivity index (χ1n) is 8.66. The van der Waals surface area contributed by atoms with Crippen LogP contribution in [-0.2, 0) is 6.54 Å². The summed E-state index contributed by atoms with van der Waals surface area (Å²) in [7, 11) is 1.80. The molecule has 0 aromatic carbocycles. The van der Waals surface area contributed by atoms with E-state index in [-0.39, 0.29) is 6.03 Å². The van der Waals surface area contributed by atoms with Gasteiger partial charge >= 0.3 is 6.03 Å². The molecular formula is C18H30N4O. The van der Waals surface area contributed by atoms with Crippen LogP contribution in [0.2, 0.25) is 0 Å². The van der Waals surface area contributed by atoms with Crippen molar-refractivity contribution >= 4 is 6.03 Å². The Morgan fingerprint density at radius 3 is 2.74 bits per heavy atom. The van der Waals surface area contributed by atoms with E-state index in [1.54, 1.807) is 18.1 Å². The monoisotopic (exact) mass is 318 g/mol. The van der Waals surface area contributed by atoms with E-state index in [9.17, 15) is 4.79 Å². The van der Waals surface area contributed by atoms with E-state index in [0.29, 0.717) is 6.54 Å². The van der Waals surface area contributed by atoms with Gasteiger partial charge in [-0.3, -0.25) is 4.98 Å². The number of carbonyl (C=O) groups excluding carboxylic acids is 1. The molecule has 5 heteroatoms. The van der Waals surface area contributed by atoms with E-state index in [4.69, 9.17) is 0 Å². The standard InChI is InChI=1S/C18H30N4O/c1-15-11-16(2)13-22(12-15)10-6-9-20-18(23)21(3)14-17-7-4-5-8-19-17/h4-5,7-8,15-16H,6,9-14H2,1-3H3,(H,20,23). The first-order valence-corrected chi connectivity index (χ1v) is 8.66. The smallest absolute Gasteiger partial charge is 0.317 e. The SMILES string of the molecule is CC1CC(C)CN(CCCNC(=O)N(C)Cc2ccccn2)C1. The van der Waals surface area contributed by atoms with Crippen molar-refractivity contribution in [2.75, 3.05) is 33.2 Å². The molecule has 5 nitrogen and oxygen atoms in total. The minimum absolute atomic E-state index is 0.0315. The summed E-state index contributed by atoms with van der Waals surface area (Å²) in [5.41, 5.74) is 0.904. The van der Waals surface area contributed by atoms with Gasteiger partial charge in [0.1, 0.15) is 0 Å². The molecule has 0 saturated carbocycles. The second-order valence-corrected chi connectivity index (χ2v) is 6.97. The quantitative estimate of drug-likeness (QED) is 0.820. The van der Waals surface area contributed by atoms with E-state index >= 15 is 0 Å². The highest BCUT2D eigenvalue weighted by molar-refractivity contribution is 5.73. The number of nitrogens with one attached hydrogen (secondary N) is 1. The molecule has 1 aliphatic heterocycles. The highest BCUT2D eigenvalue weighted by Gasteiger charge is 2.21. The zero-order chi connectivity index (χ0) is 16.7. The average Bonchev–Trinajstić information content (AvgIpc) is 2.51. The lowest BCUT2D eigenvalue weighted by molar-refractivity contribution is 0.139. The Balaban J connectivity index is 1.62. The van der Waals surface area contributed by atoms with Crippen molar-refractivity contribution in [2.45, 2.75) is 33.2 Å². The lowest BCUT2D eigenvalue weighted by Crippen LogP contribution is -2.41. The van der Waals surface area contributed by atoms with Crippen LogP contribution in [-0.4, -0.2) is 54.0 Å². The molecule has 0 bridgehead atoms. The minimum Gasteiger partial charge on any atom is -0.338 e. The number of piperidine rings is 1. The number of urea groups is 1. The Bertz CT molecular complexity index is 469. The predicted octanol–water partition coefficient (Wildman–Crippen LogP) is 2.59. The Morgan fingerprint density at radius 2 is 2.09 bits per heavy atom. The van der Waals surface area contributed by atoms with Gasteiger partial charge in [0.15, 0.2) is 0 Å². The van der Waals surface area contributed by atoms with Crippen LogP contribution in [0.4, 0.5) is 4.79 Å². The summed E-state index contributed by atoms with van der Waals surface area (Å²) in [6, 6.07) is 5.72. The Kier molecular flexibility index (Phi) is 6.84. The summed E-state index contributed by atoms with van der Waals surface area (Å²) in [5, 5.41) is 3.00. The molecule has 1 aliphatic rings. The van der Waals surface area contributed by atoms with E-state index in [0.717, 1.165) is 37.0 Å². The molecule has 128 valence electrons. The van der Waals surface area contributed by atoms with Crippen molar-refractivity contribution in [3.63, 3.8) is 0 Å². The number of pyridine rings is 1. The van der Waals surface area contributed by atoms with Crippen LogP contribution in [0.25, 0.3) is 0 Å². The van der Waals surface area contributed by atoms with Gasteiger partial charge in [-0.25, -0.2) is 4.79 Å². The maximum atomic E-state index is 12.1. The van der Waals surface area contributed by atoms with Gasteiger partial charge in [-0.05, 0) is 43.4 Å². The molecule has 0 radical (unpaired) electrons. The van der Waals surface area contributed by atoms with Gasteiger partial charge < -0.3 is 15.1 Å². The van der Waals surface area contributed by atoms with Gasteiger partial charge in [0.25, 0.3) is 0 Å². The Labute approximate surface area is 140 Å². The fourth-order valence-electron chi connectivity index (χ4n) is 3.41. The highest BCUT2D eigenvalue weighted by Crippen LogP contribution is 2.20. The minimum atomic E-state index is -0.0315. The first kappa shape index (κ1) is 17.7. The van der Waals surface area contributed by atoms with Crippen LogP contribution in [0, 0.1) is 11.8 Å². The number of aromatic nitrogens is 1. The van der Waals surface area contributed by atoms with Crippen LogP contribution in [0.3, 0.4) is 0 Å². The van der Waals surface area contributed by atoms with Crippen LogP contribution in [0.15, 0.2) is 24.4 Å². The van der Waals surface area contributed by atoms with Crippen molar-refractivity contribution in [3.8, 4) is 0 Å². The van der Waals surface area contributed by atoms with Gasteiger partial charge in [-0.15, -0.1) is 0 Å². The van der Waals surface area contributed by atoms with E-state index in [1.807, 2.05) is 18.2 Å². The molecule has 1 saturated heterocycles. The van der Waals surface area contributed by atoms with Gasteiger partial charge in [-0.1, -0.05) is 19.9 Å². The van der Waals surface area contributed by atoms with Gasteiger partial charge in [0.05, 0.1) is 12.2 Å². The summed E-state index contributed by atoms with van der Waals surface area (Å²) in [6.45, 7) is 9.38. The number of likely N-dealkylation sites (tertiary alicyclic amines) is 1. The number of carbonyl (C=O) groups is 1. The summed E-state index contributed by atoms with van der Waals surface area (Å²) in [5.74, 6) is 1.58. The van der Waals surface area contributed by atoms with E-state index in [1.165, 1.54) is 19.5 Å². The van der Waals surface area contributed by atoms with E-state index in [2.05, 4.69) is 29.0 Å². The zero-order valence-corrected chi connectivity index (χ0v) is 14.7. The third-order valence-corrected chi connectivity index (χ3v) is 4.34. The van der Waals surface area contributed by atoms with Crippen LogP contribution >= 0.6 is 0 Å². The molecule has 1 N–H and O–H groups in total. The lowest BCUT2D eigenvalue weighted by atomic mass is 9.92. The zero-order valence-electron chi connectivity index (χ0n) is 14.7. The molecule has 0 aliphatic carbocycles. The molecule has 2 heterocycles. The summed E-state index contributed by atoms with van der Waals surface area (Å²) in [6.07, 6.45) is 4.09. The van der Waals surface area contributed by atoms with Gasteiger partial charge in [-0.2, -0.15) is 0 Å². The topological polar surface area (TPSA) is 48.5 Å². The number of nitrogens with zero attached hydrogens (tertiary/aromatic N) is 3. The molecular weight excluding hydrogens is 288 g/mol. The molecule has 2 amide bonds. The summed E-state index contributed by atoms with van der Waals surface area (Å²) < 4.78 is 0.